The average Bonchev–Trinajstić information content (AvgIpc) is 2.71. The minimum Gasteiger partial charge on any atom is -0.317 e. The van der Waals surface area contributed by atoms with Crippen molar-refractivity contribution >= 4 is 45.5 Å². The van der Waals surface area contributed by atoms with Crippen LogP contribution in [-0.2, 0) is 0 Å². The molecule has 1 rings (SSSR count). The van der Waals surface area contributed by atoms with Gasteiger partial charge in [0.2, 0.25) is 0 Å². The Morgan fingerprint density at radius 1 is 1.17 bits per heavy atom. The fraction of sp³-hybridized carbons (Fsp3) is 0.706. The van der Waals surface area contributed by atoms with Crippen LogP contribution in [0.2, 0.25) is 0 Å². The Balaban J connectivity index is 0. The molecule has 0 saturated carbocycles. The Hall–Kier alpha value is 0.961. The van der Waals surface area contributed by atoms with E-state index in [9.17, 15) is 0 Å². The van der Waals surface area contributed by atoms with Crippen LogP contribution in [0, 0.1) is 29.2 Å². The van der Waals surface area contributed by atoms with E-state index in [1.54, 1.807) is 0 Å². The van der Waals surface area contributed by atoms with Gasteiger partial charge in [-0.15, -0.1) is 6.42 Å². The van der Waals surface area contributed by atoms with E-state index in [2.05, 4.69) is 73.6 Å². The predicted octanol–water partition coefficient (Wildman–Crippen LogP) is 5.23. The van der Waals surface area contributed by atoms with Crippen molar-refractivity contribution in [3.05, 3.63) is 29.7 Å². The third-order valence-electron chi connectivity index (χ3n) is 3.99. The van der Waals surface area contributed by atoms with Gasteiger partial charge in [0.05, 0.1) is 0 Å². The zero-order chi connectivity index (χ0) is 13.6. The molecule has 0 nitrogen and oxygen atoms in total. The standard InChI is InChI=1S/C11H17.C6H13.Sr/c1-9(2)11(3,4)10-7-5-6-8-10;1-5(2)6(3)4;/h5,7,9H,6H2,1-4H3;5H,1-4H3;/q2*-1;+2. The van der Waals surface area contributed by atoms with Gasteiger partial charge in [0.15, 0.2) is 0 Å². The summed E-state index contributed by atoms with van der Waals surface area (Å²) in [7, 11) is 0. The second kappa shape index (κ2) is 9.80. The molecule has 0 atom stereocenters. The summed E-state index contributed by atoms with van der Waals surface area (Å²) in [5, 5.41) is 0. The fourth-order valence-corrected chi connectivity index (χ4v) is 1.16. The maximum Gasteiger partial charge on any atom is 2.00 e. The second-order valence-corrected chi connectivity index (χ2v) is 6.31. The molecule has 0 heterocycles. The van der Waals surface area contributed by atoms with Crippen molar-refractivity contribution in [2.24, 2.45) is 17.3 Å². The van der Waals surface area contributed by atoms with Crippen molar-refractivity contribution in [2.45, 2.75) is 61.8 Å². The van der Waals surface area contributed by atoms with Gasteiger partial charge < -0.3 is 5.92 Å². The van der Waals surface area contributed by atoms with Gasteiger partial charge in [-0.05, 0) is 11.3 Å². The number of hydrogen-bond acceptors (Lipinski definition) is 0. The summed E-state index contributed by atoms with van der Waals surface area (Å²) in [5.74, 6) is 2.97. The summed E-state index contributed by atoms with van der Waals surface area (Å²) < 4.78 is 0. The van der Waals surface area contributed by atoms with Gasteiger partial charge in [-0.1, -0.05) is 41.5 Å². The molecule has 1 aliphatic carbocycles. The Labute approximate surface area is 153 Å². The van der Waals surface area contributed by atoms with E-state index in [1.165, 1.54) is 11.5 Å². The molecular formula is C17H30Sr. The van der Waals surface area contributed by atoms with E-state index in [4.69, 9.17) is 0 Å². The largest absolute Gasteiger partial charge is 2.00 e. The molecule has 0 unspecified atom stereocenters. The minimum absolute atomic E-state index is 0. The summed E-state index contributed by atoms with van der Waals surface area (Å²) in [4.78, 5) is 0. The predicted molar refractivity (Wildman–Crippen MR) is 84.3 cm³/mol. The van der Waals surface area contributed by atoms with Crippen LogP contribution in [0.3, 0.4) is 0 Å². The van der Waals surface area contributed by atoms with Crippen LogP contribution < -0.4 is 0 Å². The monoisotopic (exact) mass is 322 g/mol. The Kier molecular flexibility index (Phi) is 11.6. The SMILES string of the molecule is CC(C)C(C)(C)C1=[C-]CC=C1.C[C-](C)C(C)C.[Sr+2]. The van der Waals surface area contributed by atoms with Crippen LogP contribution in [0.5, 0.6) is 0 Å². The van der Waals surface area contributed by atoms with Crippen LogP contribution in [0.15, 0.2) is 17.7 Å². The molecule has 0 bridgehead atoms. The van der Waals surface area contributed by atoms with Crippen molar-refractivity contribution < 1.29 is 0 Å². The minimum atomic E-state index is 0. The molecule has 0 aromatic carbocycles. The summed E-state index contributed by atoms with van der Waals surface area (Å²) in [6, 6.07) is 0. The molecule has 1 heteroatoms. The van der Waals surface area contributed by atoms with Crippen LogP contribution in [-0.4, -0.2) is 45.5 Å². The van der Waals surface area contributed by atoms with Crippen LogP contribution in [0.4, 0.5) is 0 Å². The van der Waals surface area contributed by atoms with E-state index >= 15 is 0 Å². The molecule has 0 radical (unpaired) electrons. The second-order valence-electron chi connectivity index (χ2n) is 6.31. The molecule has 0 amide bonds. The number of allylic oxidation sites excluding steroid dienone is 4. The van der Waals surface area contributed by atoms with Gasteiger partial charge in [0, 0.05) is 0 Å². The van der Waals surface area contributed by atoms with Crippen molar-refractivity contribution in [2.75, 3.05) is 0 Å². The molecule has 18 heavy (non-hydrogen) atoms. The van der Waals surface area contributed by atoms with Gasteiger partial charge >= 0.3 is 45.5 Å². The van der Waals surface area contributed by atoms with E-state index < -0.39 is 0 Å². The summed E-state index contributed by atoms with van der Waals surface area (Å²) in [5.41, 5.74) is 1.68. The molecule has 0 fully saturated rings. The van der Waals surface area contributed by atoms with Crippen molar-refractivity contribution in [1.29, 1.82) is 0 Å². The molecule has 0 spiro atoms. The average molecular weight is 322 g/mol. The van der Waals surface area contributed by atoms with Gasteiger partial charge in [0.1, 0.15) is 0 Å². The third-order valence-corrected chi connectivity index (χ3v) is 3.99. The fourth-order valence-electron chi connectivity index (χ4n) is 1.16. The first kappa shape index (κ1) is 21.3. The first-order valence-corrected chi connectivity index (χ1v) is 6.77. The summed E-state index contributed by atoms with van der Waals surface area (Å²) in [6.07, 6.45) is 8.78. The maximum atomic E-state index is 3.38. The molecule has 0 aromatic heterocycles. The normalized spacial score (nSPS) is 14.5. The first-order chi connectivity index (χ1) is 7.69. The molecule has 0 aliphatic heterocycles. The van der Waals surface area contributed by atoms with Crippen LogP contribution >= 0.6 is 0 Å². The van der Waals surface area contributed by atoms with Gasteiger partial charge in [-0.3, -0.25) is 6.08 Å². The van der Waals surface area contributed by atoms with Gasteiger partial charge in [-0.25, -0.2) is 11.6 Å². The first-order valence-electron chi connectivity index (χ1n) is 6.77. The smallest absolute Gasteiger partial charge is 0.317 e. The van der Waals surface area contributed by atoms with Crippen molar-refractivity contribution in [3.63, 3.8) is 0 Å². The van der Waals surface area contributed by atoms with Crippen LogP contribution in [0.1, 0.15) is 61.8 Å². The summed E-state index contributed by atoms with van der Waals surface area (Å²) >= 11 is 0. The molecule has 0 saturated heterocycles. The van der Waals surface area contributed by atoms with Crippen molar-refractivity contribution in [3.8, 4) is 0 Å². The van der Waals surface area contributed by atoms with E-state index in [1.807, 2.05) is 0 Å². The van der Waals surface area contributed by atoms with Crippen molar-refractivity contribution in [1.82, 2.24) is 0 Å². The van der Waals surface area contributed by atoms with Gasteiger partial charge in [-0.2, -0.15) is 25.8 Å². The van der Waals surface area contributed by atoms with Gasteiger partial charge in [0.25, 0.3) is 0 Å². The van der Waals surface area contributed by atoms with Crippen LogP contribution in [0.25, 0.3) is 0 Å². The quantitative estimate of drug-likeness (QED) is 0.493. The number of hydrogen-bond donors (Lipinski definition) is 0. The molecule has 0 N–H and O–H groups in total. The molecule has 100 valence electrons. The molecule has 1 aliphatic rings. The Morgan fingerprint density at radius 2 is 1.61 bits per heavy atom. The topological polar surface area (TPSA) is 0 Å². The maximum absolute atomic E-state index is 3.38. The molecular weight excluding hydrogens is 292 g/mol. The van der Waals surface area contributed by atoms with E-state index in [0.717, 1.165) is 12.3 Å². The Bertz CT molecular complexity index is 261. The van der Waals surface area contributed by atoms with E-state index in [0.29, 0.717) is 11.3 Å². The number of rotatable bonds is 3. The molecule has 0 aromatic rings. The third kappa shape index (κ3) is 7.53. The summed E-state index contributed by atoms with van der Waals surface area (Å²) in [6.45, 7) is 17.8. The Morgan fingerprint density at radius 3 is 1.83 bits per heavy atom. The zero-order valence-corrected chi connectivity index (χ0v) is 17.2. The zero-order valence-electron chi connectivity index (χ0n) is 13.7. The van der Waals surface area contributed by atoms with E-state index in [-0.39, 0.29) is 45.5 Å².